The number of carbonyl (C=O) groups excluding carboxylic acids is 1. The Labute approximate surface area is 119 Å². The zero-order valence-electron chi connectivity index (χ0n) is 12.1. The van der Waals surface area contributed by atoms with Crippen molar-refractivity contribution in [1.82, 2.24) is 0 Å². The van der Waals surface area contributed by atoms with E-state index in [1.807, 2.05) is 13.8 Å². The number of hydrogen-bond acceptors (Lipinski definition) is 6. The van der Waals surface area contributed by atoms with Gasteiger partial charge in [-0.25, -0.2) is 4.79 Å². The van der Waals surface area contributed by atoms with Crippen LogP contribution < -0.4 is 0 Å². The molecule has 3 atom stereocenters. The molecule has 0 aromatic rings. The van der Waals surface area contributed by atoms with Crippen molar-refractivity contribution < 1.29 is 29.2 Å². The molecule has 1 aliphatic heterocycles. The van der Waals surface area contributed by atoms with Gasteiger partial charge in [-0.2, -0.15) is 0 Å². The molecule has 0 fully saturated rings. The Balaban J connectivity index is 2.67. The van der Waals surface area contributed by atoms with Crippen LogP contribution in [0.2, 0.25) is 0 Å². The maximum absolute atomic E-state index is 11.5. The summed E-state index contributed by atoms with van der Waals surface area (Å²) < 4.78 is 16.4. The summed E-state index contributed by atoms with van der Waals surface area (Å²) in [7, 11) is 0. The lowest BCUT2D eigenvalue weighted by Gasteiger charge is -2.32. The Bertz CT molecular complexity index is 328. The summed E-state index contributed by atoms with van der Waals surface area (Å²) in [6, 6.07) is 0. The third-order valence-electron chi connectivity index (χ3n) is 3.18. The fraction of sp³-hybridized carbons (Fsp3) is 0.786. The average Bonchev–Trinajstić information content (AvgIpc) is 2.42. The number of rotatable bonds is 9. The second-order valence-electron chi connectivity index (χ2n) is 4.74. The molecule has 1 aliphatic rings. The van der Waals surface area contributed by atoms with Crippen molar-refractivity contribution in [3.8, 4) is 0 Å². The molecule has 116 valence electrons. The Kier molecular flexibility index (Phi) is 7.76. The second-order valence-corrected chi connectivity index (χ2v) is 4.74. The zero-order chi connectivity index (χ0) is 15.0. The highest BCUT2D eigenvalue weighted by molar-refractivity contribution is 5.84. The van der Waals surface area contributed by atoms with E-state index < -0.39 is 6.10 Å². The van der Waals surface area contributed by atoms with Gasteiger partial charge in [0.05, 0.1) is 32.5 Å². The van der Waals surface area contributed by atoms with Crippen molar-refractivity contribution in [3.05, 3.63) is 11.6 Å². The van der Waals surface area contributed by atoms with Crippen LogP contribution in [0.3, 0.4) is 0 Å². The number of cyclic esters (lactones) is 1. The summed E-state index contributed by atoms with van der Waals surface area (Å²) in [5.41, 5.74) is 0.789. The molecule has 0 bridgehead atoms. The summed E-state index contributed by atoms with van der Waals surface area (Å²) in [4.78, 5) is 11.5. The van der Waals surface area contributed by atoms with Gasteiger partial charge < -0.3 is 24.4 Å². The van der Waals surface area contributed by atoms with Crippen molar-refractivity contribution in [1.29, 1.82) is 0 Å². The minimum Gasteiger partial charge on any atom is -0.456 e. The molecule has 6 nitrogen and oxygen atoms in total. The van der Waals surface area contributed by atoms with Crippen molar-refractivity contribution in [3.63, 3.8) is 0 Å². The number of aliphatic hydroxyl groups is 2. The molecule has 3 unspecified atom stereocenters. The lowest BCUT2D eigenvalue weighted by molar-refractivity contribution is -0.157. The number of ether oxygens (including phenoxy) is 3. The van der Waals surface area contributed by atoms with Gasteiger partial charge in [0.1, 0.15) is 12.2 Å². The number of carbonyl (C=O) groups is 1. The molecule has 0 saturated carbocycles. The molecular weight excluding hydrogens is 264 g/mol. The zero-order valence-corrected chi connectivity index (χ0v) is 12.1. The van der Waals surface area contributed by atoms with E-state index in [9.17, 15) is 4.79 Å². The van der Waals surface area contributed by atoms with Crippen molar-refractivity contribution >= 4 is 5.97 Å². The van der Waals surface area contributed by atoms with E-state index in [2.05, 4.69) is 0 Å². The van der Waals surface area contributed by atoms with E-state index in [-0.39, 0.29) is 44.6 Å². The summed E-state index contributed by atoms with van der Waals surface area (Å²) in [6.45, 7) is 4.12. The molecule has 6 heteroatoms. The fourth-order valence-electron chi connectivity index (χ4n) is 2.23. The highest BCUT2D eigenvalue weighted by atomic mass is 16.6. The minimum absolute atomic E-state index is 0.0374. The Hall–Kier alpha value is -0.950. The summed E-state index contributed by atoms with van der Waals surface area (Å²) in [6.07, 6.45) is 1.78. The van der Waals surface area contributed by atoms with Gasteiger partial charge in [0.15, 0.2) is 0 Å². The molecule has 20 heavy (non-hydrogen) atoms. The smallest absolute Gasteiger partial charge is 0.331 e. The molecule has 0 aliphatic carbocycles. The van der Waals surface area contributed by atoms with Gasteiger partial charge in [-0.05, 0) is 18.9 Å². The predicted molar refractivity (Wildman–Crippen MR) is 72.2 cm³/mol. The first kappa shape index (κ1) is 17.1. The standard InChI is InChI=1S/C14H24O6/c1-3-11(18-6-4-15)9-12-14(19-7-5-16)10(2)8-13(17)20-12/h8,11-12,14-16H,3-7,9H2,1-2H3. The Morgan fingerprint density at radius 1 is 1.35 bits per heavy atom. The summed E-state index contributed by atoms with van der Waals surface area (Å²) in [5.74, 6) is -0.381. The van der Waals surface area contributed by atoms with Crippen molar-refractivity contribution in [2.75, 3.05) is 26.4 Å². The molecule has 0 amide bonds. The molecular formula is C14H24O6. The lowest BCUT2D eigenvalue weighted by atomic mass is 9.97. The van der Waals surface area contributed by atoms with Gasteiger partial charge in [0.25, 0.3) is 0 Å². The van der Waals surface area contributed by atoms with Crippen LogP contribution in [0.5, 0.6) is 0 Å². The van der Waals surface area contributed by atoms with E-state index >= 15 is 0 Å². The van der Waals surface area contributed by atoms with Crippen LogP contribution in [0.1, 0.15) is 26.7 Å². The average molecular weight is 288 g/mol. The first-order valence-electron chi connectivity index (χ1n) is 6.96. The highest BCUT2D eigenvalue weighted by Crippen LogP contribution is 2.24. The lowest BCUT2D eigenvalue weighted by Crippen LogP contribution is -2.41. The van der Waals surface area contributed by atoms with Crippen molar-refractivity contribution in [2.24, 2.45) is 0 Å². The third kappa shape index (κ3) is 5.20. The summed E-state index contributed by atoms with van der Waals surface area (Å²) in [5, 5.41) is 17.7. The van der Waals surface area contributed by atoms with E-state index in [4.69, 9.17) is 24.4 Å². The first-order chi connectivity index (χ1) is 9.62. The second kappa shape index (κ2) is 9.07. The molecule has 0 radical (unpaired) electrons. The van der Waals surface area contributed by atoms with Crippen LogP contribution >= 0.6 is 0 Å². The first-order valence-corrected chi connectivity index (χ1v) is 6.96. The molecule has 1 rings (SSSR count). The number of hydrogen-bond donors (Lipinski definition) is 2. The van der Waals surface area contributed by atoms with E-state index in [0.29, 0.717) is 6.42 Å². The topological polar surface area (TPSA) is 85.2 Å². The van der Waals surface area contributed by atoms with Crippen LogP contribution in [0.15, 0.2) is 11.6 Å². The molecule has 0 aromatic heterocycles. The molecule has 0 aromatic carbocycles. The maximum Gasteiger partial charge on any atom is 0.331 e. The third-order valence-corrected chi connectivity index (χ3v) is 3.18. The van der Waals surface area contributed by atoms with Crippen LogP contribution in [0.25, 0.3) is 0 Å². The van der Waals surface area contributed by atoms with Crippen LogP contribution in [-0.2, 0) is 19.0 Å². The molecule has 0 saturated heterocycles. The monoisotopic (exact) mass is 288 g/mol. The number of aliphatic hydroxyl groups excluding tert-OH is 2. The highest BCUT2D eigenvalue weighted by Gasteiger charge is 2.33. The van der Waals surface area contributed by atoms with Gasteiger partial charge in [-0.3, -0.25) is 0 Å². The van der Waals surface area contributed by atoms with Gasteiger partial charge in [0, 0.05) is 12.5 Å². The quantitative estimate of drug-likeness (QED) is 0.598. The molecule has 2 N–H and O–H groups in total. The van der Waals surface area contributed by atoms with Crippen LogP contribution in [0.4, 0.5) is 0 Å². The summed E-state index contributed by atoms with van der Waals surface area (Å²) >= 11 is 0. The normalized spacial score (nSPS) is 24.2. The largest absolute Gasteiger partial charge is 0.456 e. The minimum atomic E-state index is -0.428. The molecule has 0 spiro atoms. The van der Waals surface area contributed by atoms with Gasteiger partial charge in [-0.1, -0.05) is 6.92 Å². The van der Waals surface area contributed by atoms with Gasteiger partial charge in [0.2, 0.25) is 0 Å². The van der Waals surface area contributed by atoms with E-state index in [1.165, 1.54) is 6.08 Å². The van der Waals surface area contributed by atoms with Gasteiger partial charge >= 0.3 is 5.97 Å². The van der Waals surface area contributed by atoms with E-state index in [1.54, 1.807) is 0 Å². The predicted octanol–water partition coefficient (Wildman–Crippen LogP) is 0.413. The van der Waals surface area contributed by atoms with Crippen LogP contribution in [-0.4, -0.2) is 60.9 Å². The van der Waals surface area contributed by atoms with Crippen LogP contribution in [0, 0.1) is 0 Å². The Morgan fingerprint density at radius 2 is 2.05 bits per heavy atom. The Morgan fingerprint density at radius 3 is 2.65 bits per heavy atom. The van der Waals surface area contributed by atoms with Crippen molar-refractivity contribution in [2.45, 2.75) is 45.0 Å². The van der Waals surface area contributed by atoms with E-state index in [0.717, 1.165) is 12.0 Å². The maximum atomic E-state index is 11.5. The fourth-order valence-corrected chi connectivity index (χ4v) is 2.23. The number of esters is 1. The van der Waals surface area contributed by atoms with Gasteiger partial charge in [-0.15, -0.1) is 0 Å². The SMILES string of the molecule is CCC(CC1OC(=O)C=C(C)C1OCCO)OCCO. The molecule has 1 heterocycles.